The van der Waals surface area contributed by atoms with E-state index in [2.05, 4.69) is 10.3 Å². The highest BCUT2D eigenvalue weighted by Crippen LogP contribution is 2.29. The fourth-order valence-corrected chi connectivity index (χ4v) is 3.29. The molecule has 2 aromatic heterocycles. The Kier molecular flexibility index (Phi) is 5.43. The van der Waals surface area contributed by atoms with E-state index in [4.69, 9.17) is 4.74 Å². The number of fused-ring (bicyclic) bond motifs is 1. The molecule has 152 valence electrons. The van der Waals surface area contributed by atoms with E-state index in [-0.39, 0.29) is 16.7 Å². The van der Waals surface area contributed by atoms with Gasteiger partial charge in [0.1, 0.15) is 11.2 Å². The number of hydrogen-bond acceptors (Lipinski definition) is 4. The van der Waals surface area contributed by atoms with Gasteiger partial charge in [-0.3, -0.25) is 9.36 Å². The molecular formula is C23H19F2N3O2. The maximum atomic E-state index is 13.0. The molecule has 0 amide bonds. The molecule has 30 heavy (non-hydrogen) atoms. The summed E-state index contributed by atoms with van der Waals surface area (Å²) in [5.41, 5.74) is 2.30. The lowest BCUT2D eigenvalue weighted by Gasteiger charge is -2.19. The van der Waals surface area contributed by atoms with Crippen molar-refractivity contribution < 1.29 is 13.5 Å². The molecule has 4 aromatic rings. The van der Waals surface area contributed by atoms with Gasteiger partial charge in [-0.05, 0) is 37.3 Å². The molecule has 0 saturated heterocycles. The Hall–Kier alpha value is -3.74. The minimum atomic E-state index is -2.67. The number of anilines is 2. The molecule has 0 atom stereocenters. The number of hydrogen-bond donors (Lipinski definition) is 1. The highest BCUT2D eigenvalue weighted by molar-refractivity contribution is 5.88. The van der Waals surface area contributed by atoms with E-state index in [9.17, 15) is 13.6 Å². The van der Waals surface area contributed by atoms with Crippen LogP contribution in [0.2, 0.25) is 0 Å². The van der Waals surface area contributed by atoms with Crippen LogP contribution in [0.4, 0.5) is 20.3 Å². The second-order valence-electron chi connectivity index (χ2n) is 6.72. The van der Waals surface area contributed by atoms with Gasteiger partial charge in [-0.1, -0.05) is 36.4 Å². The maximum absolute atomic E-state index is 13.0. The van der Waals surface area contributed by atoms with Crippen molar-refractivity contribution in [1.82, 2.24) is 9.55 Å². The number of rotatable bonds is 6. The number of benzene rings is 2. The third-order valence-electron chi connectivity index (χ3n) is 4.50. The first kappa shape index (κ1) is 19.6. The summed E-state index contributed by atoms with van der Waals surface area (Å²) in [5.74, 6) is 0.446. The topological polar surface area (TPSA) is 56.1 Å². The SMILES string of the molecule is Cc1cc2c(c(OCC(F)F)n1)c(=O)cc(Nc1ccccc1)n2-c1ccccc1. The predicted octanol–water partition coefficient (Wildman–Crippen LogP) is 5.08. The van der Waals surface area contributed by atoms with E-state index < -0.39 is 13.0 Å². The third kappa shape index (κ3) is 4.00. The lowest BCUT2D eigenvalue weighted by Crippen LogP contribution is -2.16. The molecule has 5 nitrogen and oxygen atoms in total. The van der Waals surface area contributed by atoms with Crippen molar-refractivity contribution in [3.8, 4) is 11.6 Å². The van der Waals surface area contributed by atoms with Gasteiger partial charge in [0.25, 0.3) is 6.43 Å². The van der Waals surface area contributed by atoms with Crippen LogP contribution in [0.15, 0.2) is 77.6 Å². The van der Waals surface area contributed by atoms with Crippen molar-refractivity contribution in [1.29, 1.82) is 0 Å². The third-order valence-corrected chi connectivity index (χ3v) is 4.50. The van der Waals surface area contributed by atoms with Crippen LogP contribution in [0.25, 0.3) is 16.6 Å². The number of halogens is 2. The fourth-order valence-electron chi connectivity index (χ4n) is 3.29. The summed E-state index contributed by atoms with van der Waals surface area (Å²) in [6.07, 6.45) is -2.67. The van der Waals surface area contributed by atoms with Crippen LogP contribution in [0.3, 0.4) is 0 Å². The number of ether oxygens (including phenoxy) is 1. The minimum absolute atomic E-state index is 0.0914. The van der Waals surface area contributed by atoms with Gasteiger partial charge in [-0.15, -0.1) is 0 Å². The van der Waals surface area contributed by atoms with Crippen LogP contribution in [0, 0.1) is 6.92 Å². The highest BCUT2D eigenvalue weighted by Gasteiger charge is 2.18. The summed E-state index contributed by atoms with van der Waals surface area (Å²) >= 11 is 0. The van der Waals surface area contributed by atoms with Crippen LogP contribution in [0.5, 0.6) is 5.88 Å². The van der Waals surface area contributed by atoms with E-state index in [1.165, 1.54) is 6.07 Å². The Bertz CT molecular complexity index is 1230. The van der Waals surface area contributed by atoms with Crippen LogP contribution in [-0.4, -0.2) is 22.6 Å². The number of alkyl halides is 2. The molecular weight excluding hydrogens is 388 g/mol. The molecule has 0 saturated carbocycles. The normalized spacial score (nSPS) is 11.1. The molecule has 0 fully saturated rings. The zero-order valence-corrected chi connectivity index (χ0v) is 16.2. The summed E-state index contributed by atoms with van der Waals surface area (Å²) in [4.78, 5) is 17.2. The van der Waals surface area contributed by atoms with Crippen molar-refractivity contribution in [2.75, 3.05) is 11.9 Å². The molecule has 4 rings (SSSR count). The Morgan fingerprint density at radius 3 is 2.37 bits per heavy atom. The summed E-state index contributed by atoms with van der Waals surface area (Å²) in [6, 6.07) is 22.1. The molecule has 0 bridgehead atoms. The molecule has 0 aliphatic heterocycles. The zero-order valence-electron chi connectivity index (χ0n) is 16.2. The Labute approximate surface area is 171 Å². The van der Waals surface area contributed by atoms with Crippen molar-refractivity contribution in [2.45, 2.75) is 13.3 Å². The number of nitrogens with zero attached hydrogens (tertiary/aromatic N) is 2. The first-order chi connectivity index (χ1) is 14.5. The van der Waals surface area contributed by atoms with Crippen LogP contribution >= 0.6 is 0 Å². The number of para-hydroxylation sites is 2. The molecule has 0 aliphatic rings. The van der Waals surface area contributed by atoms with Gasteiger partial charge in [0.05, 0.1) is 5.52 Å². The monoisotopic (exact) mass is 407 g/mol. The average molecular weight is 407 g/mol. The minimum Gasteiger partial charge on any atom is -0.471 e. The molecule has 0 spiro atoms. The number of nitrogens with one attached hydrogen (secondary N) is 1. The smallest absolute Gasteiger partial charge is 0.272 e. The molecule has 1 N–H and O–H groups in total. The molecule has 0 aliphatic carbocycles. The maximum Gasteiger partial charge on any atom is 0.272 e. The van der Waals surface area contributed by atoms with Gasteiger partial charge >= 0.3 is 0 Å². The number of aryl methyl sites for hydroxylation is 1. The van der Waals surface area contributed by atoms with Gasteiger partial charge in [0, 0.05) is 23.1 Å². The molecule has 0 radical (unpaired) electrons. The summed E-state index contributed by atoms with van der Waals surface area (Å²) in [7, 11) is 0. The zero-order chi connectivity index (χ0) is 21.1. The largest absolute Gasteiger partial charge is 0.471 e. The van der Waals surface area contributed by atoms with Gasteiger partial charge in [-0.2, -0.15) is 0 Å². The van der Waals surface area contributed by atoms with E-state index in [0.29, 0.717) is 17.0 Å². The first-order valence-electron chi connectivity index (χ1n) is 9.39. The Balaban J connectivity index is 1.99. The molecule has 2 aromatic carbocycles. The van der Waals surface area contributed by atoms with E-state index in [1.807, 2.05) is 65.2 Å². The van der Waals surface area contributed by atoms with E-state index in [1.54, 1.807) is 13.0 Å². The number of aromatic nitrogens is 2. The van der Waals surface area contributed by atoms with Crippen molar-refractivity contribution >= 4 is 22.4 Å². The van der Waals surface area contributed by atoms with Gasteiger partial charge in [-0.25, -0.2) is 13.8 Å². The Morgan fingerprint density at radius 1 is 1.03 bits per heavy atom. The molecule has 2 heterocycles. The molecule has 0 unspecified atom stereocenters. The first-order valence-corrected chi connectivity index (χ1v) is 9.39. The second-order valence-corrected chi connectivity index (χ2v) is 6.72. The van der Waals surface area contributed by atoms with Crippen LogP contribution < -0.4 is 15.5 Å². The van der Waals surface area contributed by atoms with Gasteiger partial charge in [0.2, 0.25) is 5.88 Å². The summed E-state index contributed by atoms with van der Waals surface area (Å²) < 4.78 is 32.5. The van der Waals surface area contributed by atoms with E-state index in [0.717, 1.165) is 11.4 Å². The quantitative estimate of drug-likeness (QED) is 0.484. The highest BCUT2D eigenvalue weighted by atomic mass is 19.3. The van der Waals surface area contributed by atoms with Crippen molar-refractivity contribution in [3.63, 3.8) is 0 Å². The second kappa shape index (κ2) is 8.32. The lowest BCUT2D eigenvalue weighted by atomic mass is 10.2. The van der Waals surface area contributed by atoms with Gasteiger partial charge < -0.3 is 10.1 Å². The van der Waals surface area contributed by atoms with Crippen LogP contribution in [0.1, 0.15) is 5.69 Å². The lowest BCUT2D eigenvalue weighted by molar-refractivity contribution is 0.0803. The summed E-state index contributed by atoms with van der Waals surface area (Å²) in [6.45, 7) is 0.895. The predicted molar refractivity (Wildman–Crippen MR) is 113 cm³/mol. The number of pyridine rings is 2. The average Bonchev–Trinajstić information content (AvgIpc) is 2.73. The van der Waals surface area contributed by atoms with Crippen LogP contribution in [-0.2, 0) is 0 Å². The fraction of sp³-hybridized carbons (Fsp3) is 0.130. The van der Waals surface area contributed by atoms with Gasteiger partial charge in [0.15, 0.2) is 12.0 Å². The van der Waals surface area contributed by atoms with Crippen molar-refractivity contribution in [3.05, 3.63) is 88.7 Å². The standard InChI is InChI=1S/C23H19F2N3O2/c1-15-12-18-22(23(26-15)30-14-20(24)25)19(29)13-21(27-16-8-4-2-5-9-16)28(18)17-10-6-3-7-11-17/h2-13,20,27H,14H2,1H3. The molecule has 7 heteroatoms. The van der Waals surface area contributed by atoms with Crippen molar-refractivity contribution in [2.24, 2.45) is 0 Å². The Morgan fingerprint density at radius 2 is 1.70 bits per heavy atom. The summed E-state index contributed by atoms with van der Waals surface area (Å²) in [5, 5.41) is 3.43. The van der Waals surface area contributed by atoms with E-state index >= 15 is 0 Å².